The van der Waals surface area contributed by atoms with E-state index in [0.717, 1.165) is 46.9 Å². The maximum absolute atomic E-state index is 13.5. The van der Waals surface area contributed by atoms with Crippen molar-refractivity contribution < 1.29 is 4.39 Å². The predicted octanol–water partition coefficient (Wildman–Crippen LogP) is 5.29. The third-order valence-corrected chi connectivity index (χ3v) is 5.56. The van der Waals surface area contributed by atoms with Crippen LogP contribution >= 0.6 is 11.3 Å². The van der Waals surface area contributed by atoms with E-state index in [1.165, 1.54) is 0 Å². The standard InChI is InChI=1S/C20H19FN2S/c1-14-7-8-16-11-17(21)9-10-19(16)23(14)12-18-13-24-20(22-18)15-5-3-2-4-6-15/h2-6,9-11,13-14H,7-8,12H2,1H3. The lowest BCUT2D eigenvalue weighted by atomic mass is 9.96. The molecule has 0 saturated carbocycles. The molecule has 1 aliphatic heterocycles. The molecule has 24 heavy (non-hydrogen) atoms. The molecule has 4 heteroatoms. The molecule has 2 heterocycles. The zero-order chi connectivity index (χ0) is 16.5. The molecule has 0 fully saturated rings. The van der Waals surface area contributed by atoms with Crippen LogP contribution in [-0.2, 0) is 13.0 Å². The van der Waals surface area contributed by atoms with E-state index >= 15 is 0 Å². The van der Waals surface area contributed by atoms with E-state index in [0.29, 0.717) is 6.04 Å². The topological polar surface area (TPSA) is 16.1 Å². The minimum absolute atomic E-state index is 0.150. The highest BCUT2D eigenvalue weighted by molar-refractivity contribution is 7.13. The highest BCUT2D eigenvalue weighted by Gasteiger charge is 2.24. The van der Waals surface area contributed by atoms with Gasteiger partial charge >= 0.3 is 0 Å². The Balaban J connectivity index is 1.61. The lowest BCUT2D eigenvalue weighted by molar-refractivity contribution is 0.551. The van der Waals surface area contributed by atoms with Gasteiger partial charge in [-0.3, -0.25) is 0 Å². The van der Waals surface area contributed by atoms with Crippen LogP contribution in [0.4, 0.5) is 10.1 Å². The largest absolute Gasteiger partial charge is 0.363 e. The summed E-state index contributed by atoms with van der Waals surface area (Å²) in [5, 5.41) is 3.18. The molecular formula is C20H19FN2S. The van der Waals surface area contributed by atoms with E-state index < -0.39 is 0 Å². The van der Waals surface area contributed by atoms with E-state index in [-0.39, 0.29) is 5.82 Å². The van der Waals surface area contributed by atoms with Gasteiger partial charge in [0.1, 0.15) is 10.8 Å². The van der Waals surface area contributed by atoms with Gasteiger partial charge in [-0.15, -0.1) is 11.3 Å². The Labute approximate surface area is 145 Å². The van der Waals surface area contributed by atoms with Crippen LogP contribution in [-0.4, -0.2) is 11.0 Å². The fraction of sp³-hybridized carbons (Fsp3) is 0.250. The molecule has 2 nitrogen and oxygen atoms in total. The number of benzene rings is 2. The van der Waals surface area contributed by atoms with E-state index in [2.05, 4.69) is 29.3 Å². The molecule has 1 atom stereocenters. The fourth-order valence-electron chi connectivity index (χ4n) is 3.30. The van der Waals surface area contributed by atoms with Crippen LogP contribution in [0.3, 0.4) is 0 Å². The number of hydrogen-bond acceptors (Lipinski definition) is 3. The first-order chi connectivity index (χ1) is 11.7. The Morgan fingerprint density at radius 1 is 1.21 bits per heavy atom. The molecule has 0 amide bonds. The average Bonchev–Trinajstić information content (AvgIpc) is 3.07. The Bertz CT molecular complexity index is 844. The van der Waals surface area contributed by atoms with Gasteiger partial charge in [0.2, 0.25) is 0 Å². The number of anilines is 1. The lowest BCUT2D eigenvalue weighted by Crippen LogP contribution is -2.36. The van der Waals surface area contributed by atoms with Gasteiger partial charge in [-0.1, -0.05) is 30.3 Å². The van der Waals surface area contributed by atoms with E-state index in [9.17, 15) is 4.39 Å². The molecule has 0 bridgehead atoms. The average molecular weight is 338 g/mol. The maximum Gasteiger partial charge on any atom is 0.123 e. The molecule has 1 aliphatic rings. The summed E-state index contributed by atoms with van der Waals surface area (Å²) in [5.74, 6) is -0.150. The number of thiazole rings is 1. The Morgan fingerprint density at radius 2 is 2.04 bits per heavy atom. The second-order valence-electron chi connectivity index (χ2n) is 6.30. The number of halogens is 1. The van der Waals surface area contributed by atoms with Crippen molar-refractivity contribution in [2.75, 3.05) is 4.90 Å². The van der Waals surface area contributed by atoms with Crippen LogP contribution in [0.15, 0.2) is 53.9 Å². The number of hydrogen-bond donors (Lipinski definition) is 0. The molecule has 122 valence electrons. The predicted molar refractivity (Wildman–Crippen MR) is 97.9 cm³/mol. The van der Waals surface area contributed by atoms with Gasteiger partial charge in [0.25, 0.3) is 0 Å². The number of nitrogens with zero attached hydrogens (tertiary/aromatic N) is 2. The van der Waals surface area contributed by atoms with E-state index in [1.54, 1.807) is 23.5 Å². The van der Waals surface area contributed by atoms with Crippen LogP contribution in [0.2, 0.25) is 0 Å². The van der Waals surface area contributed by atoms with Crippen molar-refractivity contribution in [1.29, 1.82) is 0 Å². The number of aromatic nitrogens is 1. The summed E-state index contributed by atoms with van der Waals surface area (Å²) in [5.41, 5.74) is 4.47. The van der Waals surface area contributed by atoms with Gasteiger partial charge in [-0.05, 0) is 43.5 Å². The van der Waals surface area contributed by atoms with Gasteiger partial charge in [0, 0.05) is 22.7 Å². The Hall–Kier alpha value is -2.20. The number of rotatable bonds is 3. The van der Waals surface area contributed by atoms with E-state index in [1.807, 2.05) is 24.3 Å². The van der Waals surface area contributed by atoms with Crippen molar-refractivity contribution >= 4 is 17.0 Å². The Morgan fingerprint density at radius 3 is 2.88 bits per heavy atom. The van der Waals surface area contributed by atoms with Crippen molar-refractivity contribution in [2.24, 2.45) is 0 Å². The van der Waals surface area contributed by atoms with Crippen molar-refractivity contribution in [3.8, 4) is 10.6 Å². The summed E-state index contributed by atoms with van der Waals surface area (Å²) in [6.07, 6.45) is 1.99. The first-order valence-electron chi connectivity index (χ1n) is 8.25. The third kappa shape index (κ3) is 2.94. The van der Waals surface area contributed by atoms with Gasteiger partial charge in [-0.25, -0.2) is 9.37 Å². The first-order valence-corrected chi connectivity index (χ1v) is 9.13. The summed E-state index contributed by atoms with van der Waals surface area (Å²) in [7, 11) is 0. The molecule has 0 N–H and O–H groups in total. The summed E-state index contributed by atoms with van der Waals surface area (Å²) in [4.78, 5) is 7.15. The van der Waals surface area contributed by atoms with Crippen LogP contribution in [0.25, 0.3) is 10.6 Å². The highest BCUT2D eigenvalue weighted by Crippen LogP contribution is 2.33. The van der Waals surface area contributed by atoms with Gasteiger partial charge < -0.3 is 4.90 Å². The Kier molecular flexibility index (Phi) is 4.07. The minimum Gasteiger partial charge on any atom is -0.363 e. The van der Waals surface area contributed by atoms with Crippen LogP contribution < -0.4 is 4.90 Å². The van der Waals surface area contributed by atoms with Crippen LogP contribution in [0, 0.1) is 5.82 Å². The zero-order valence-corrected chi connectivity index (χ0v) is 14.4. The molecule has 0 spiro atoms. The molecule has 3 aromatic rings. The smallest absolute Gasteiger partial charge is 0.123 e. The van der Waals surface area contributed by atoms with Crippen molar-refractivity contribution in [2.45, 2.75) is 32.4 Å². The van der Waals surface area contributed by atoms with Gasteiger partial charge in [0.05, 0.1) is 12.2 Å². The molecule has 1 aromatic heterocycles. The zero-order valence-electron chi connectivity index (χ0n) is 13.6. The monoisotopic (exact) mass is 338 g/mol. The molecular weight excluding hydrogens is 319 g/mol. The summed E-state index contributed by atoms with van der Waals surface area (Å²) in [6, 6.07) is 15.8. The summed E-state index contributed by atoms with van der Waals surface area (Å²) < 4.78 is 13.5. The van der Waals surface area contributed by atoms with Crippen molar-refractivity contribution in [3.05, 3.63) is 71.0 Å². The minimum atomic E-state index is -0.150. The lowest BCUT2D eigenvalue weighted by Gasteiger charge is -2.36. The molecule has 0 aliphatic carbocycles. The van der Waals surface area contributed by atoms with Gasteiger partial charge in [0.15, 0.2) is 0 Å². The highest BCUT2D eigenvalue weighted by atomic mass is 32.1. The van der Waals surface area contributed by atoms with Crippen molar-refractivity contribution in [3.63, 3.8) is 0 Å². The second kappa shape index (κ2) is 6.36. The molecule has 4 rings (SSSR count). The molecule has 2 aromatic carbocycles. The molecule has 0 radical (unpaired) electrons. The quantitative estimate of drug-likeness (QED) is 0.645. The van der Waals surface area contributed by atoms with E-state index in [4.69, 9.17) is 4.98 Å². The summed E-state index contributed by atoms with van der Waals surface area (Å²) in [6.45, 7) is 3.00. The third-order valence-electron chi connectivity index (χ3n) is 4.62. The maximum atomic E-state index is 13.5. The molecule has 1 unspecified atom stereocenters. The first kappa shape index (κ1) is 15.3. The SMILES string of the molecule is CC1CCc2cc(F)ccc2N1Cc1csc(-c2ccccc2)n1. The normalized spacial score (nSPS) is 16.9. The van der Waals surface area contributed by atoms with Gasteiger partial charge in [-0.2, -0.15) is 0 Å². The van der Waals surface area contributed by atoms with Crippen LogP contribution in [0.5, 0.6) is 0 Å². The summed E-state index contributed by atoms with van der Waals surface area (Å²) >= 11 is 1.68. The number of fused-ring (bicyclic) bond motifs is 1. The van der Waals surface area contributed by atoms with Crippen LogP contribution in [0.1, 0.15) is 24.6 Å². The van der Waals surface area contributed by atoms with Crippen molar-refractivity contribution in [1.82, 2.24) is 4.98 Å². The molecule has 0 saturated heterocycles. The fourth-order valence-corrected chi connectivity index (χ4v) is 4.12. The second-order valence-corrected chi connectivity index (χ2v) is 7.16. The number of aryl methyl sites for hydroxylation is 1.